The predicted molar refractivity (Wildman–Crippen MR) is 85.3 cm³/mol. The van der Waals surface area contributed by atoms with Crippen LogP contribution in [0, 0.1) is 0 Å². The van der Waals surface area contributed by atoms with Crippen LogP contribution in [0.5, 0.6) is 0 Å². The van der Waals surface area contributed by atoms with Crippen LogP contribution >= 0.6 is 34.5 Å². The van der Waals surface area contributed by atoms with Gasteiger partial charge in [-0.3, -0.25) is 9.69 Å². The number of halogens is 2. The van der Waals surface area contributed by atoms with Gasteiger partial charge in [0.15, 0.2) is 0 Å². The van der Waals surface area contributed by atoms with Crippen LogP contribution in [0.3, 0.4) is 0 Å². The number of carbonyl (C=O) groups is 1. The maximum atomic E-state index is 11.7. The van der Waals surface area contributed by atoms with E-state index in [0.717, 1.165) is 22.4 Å². The maximum absolute atomic E-state index is 11.7. The molecule has 110 valence electrons. The van der Waals surface area contributed by atoms with Crippen molar-refractivity contribution in [3.8, 4) is 0 Å². The van der Waals surface area contributed by atoms with Gasteiger partial charge in [0, 0.05) is 33.6 Å². The van der Waals surface area contributed by atoms with E-state index in [-0.39, 0.29) is 0 Å². The maximum Gasteiger partial charge on any atom is 0.325 e. The fourth-order valence-corrected chi connectivity index (χ4v) is 4.14. The molecule has 0 fully saturated rings. The van der Waals surface area contributed by atoms with Gasteiger partial charge in [0.2, 0.25) is 0 Å². The van der Waals surface area contributed by atoms with Gasteiger partial charge in [0.1, 0.15) is 6.04 Å². The smallest absolute Gasteiger partial charge is 0.325 e. The molecule has 1 aromatic carbocycles. The molecule has 3 nitrogen and oxygen atoms in total. The monoisotopic (exact) mass is 341 g/mol. The minimum Gasteiger partial charge on any atom is -0.480 e. The summed E-state index contributed by atoms with van der Waals surface area (Å²) in [5, 5.41) is 12.7. The molecule has 0 radical (unpaired) electrons. The summed E-state index contributed by atoms with van der Waals surface area (Å²) in [6, 6.07) is 6.61. The molecule has 1 aliphatic rings. The van der Waals surface area contributed by atoms with Crippen LogP contribution in [0.25, 0.3) is 0 Å². The van der Waals surface area contributed by atoms with E-state index in [1.54, 1.807) is 29.5 Å². The number of carboxylic acid groups (broad SMARTS) is 1. The average Bonchev–Trinajstić information content (AvgIpc) is 2.90. The lowest BCUT2D eigenvalue weighted by molar-refractivity contribution is -0.144. The molecule has 3 rings (SSSR count). The van der Waals surface area contributed by atoms with E-state index in [9.17, 15) is 9.90 Å². The minimum atomic E-state index is -0.836. The summed E-state index contributed by atoms with van der Waals surface area (Å²) in [5.74, 6) is -0.836. The van der Waals surface area contributed by atoms with Gasteiger partial charge in [-0.1, -0.05) is 29.3 Å². The van der Waals surface area contributed by atoms with Crippen molar-refractivity contribution in [2.75, 3.05) is 6.54 Å². The predicted octanol–water partition coefficient (Wildman–Crippen LogP) is 4.24. The van der Waals surface area contributed by atoms with Crippen LogP contribution < -0.4 is 0 Å². The highest BCUT2D eigenvalue weighted by Crippen LogP contribution is 2.36. The van der Waals surface area contributed by atoms with Crippen molar-refractivity contribution in [2.45, 2.75) is 19.0 Å². The summed E-state index contributed by atoms with van der Waals surface area (Å²) in [5.41, 5.74) is 1.67. The molecular weight excluding hydrogens is 329 g/mol. The van der Waals surface area contributed by atoms with Crippen molar-refractivity contribution in [1.82, 2.24) is 4.90 Å². The molecule has 1 unspecified atom stereocenters. The highest BCUT2D eigenvalue weighted by atomic mass is 35.5. The number of thiophene rings is 1. The normalized spacial score (nSPS) is 18.5. The van der Waals surface area contributed by atoms with Crippen molar-refractivity contribution in [3.63, 3.8) is 0 Å². The number of nitrogens with zero attached hydrogens (tertiary/aromatic N) is 1. The molecule has 0 saturated carbocycles. The fourth-order valence-electron chi connectivity index (χ4n) is 2.71. The Bertz CT molecular complexity index is 666. The van der Waals surface area contributed by atoms with E-state index in [4.69, 9.17) is 23.2 Å². The Morgan fingerprint density at radius 3 is 2.71 bits per heavy atom. The van der Waals surface area contributed by atoms with Gasteiger partial charge in [-0.2, -0.15) is 0 Å². The topological polar surface area (TPSA) is 40.5 Å². The van der Waals surface area contributed by atoms with Gasteiger partial charge in [-0.05, 0) is 35.6 Å². The number of aliphatic carboxylic acids is 1. The third-order valence-electron chi connectivity index (χ3n) is 3.72. The Morgan fingerprint density at radius 2 is 2.05 bits per heavy atom. The fraction of sp³-hybridized carbons (Fsp3) is 0.267. The molecule has 2 heterocycles. The molecule has 0 saturated heterocycles. The van der Waals surface area contributed by atoms with Crippen LogP contribution in [0.2, 0.25) is 10.0 Å². The zero-order chi connectivity index (χ0) is 15.0. The summed E-state index contributed by atoms with van der Waals surface area (Å²) in [6.07, 6.45) is 0.860. The van der Waals surface area contributed by atoms with Crippen LogP contribution in [0.1, 0.15) is 22.0 Å². The number of benzene rings is 1. The van der Waals surface area contributed by atoms with Crippen molar-refractivity contribution in [1.29, 1.82) is 0 Å². The van der Waals surface area contributed by atoms with Crippen LogP contribution in [0.4, 0.5) is 0 Å². The first-order chi connectivity index (χ1) is 10.1. The lowest BCUT2D eigenvalue weighted by atomic mass is 9.99. The molecule has 6 heteroatoms. The Labute approximate surface area is 136 Å². The Morgan fingerprint density at radius 1 is 1.33 bits per heavy atom. The number of fused-ring (bicyclic) bond motifs is 1. The van der Waals surface area contributed by atoms with Gasteiger partial charge < -0.3 is 5.11 Å². The number of hydrogen-bond donors (Lipinski definition) is 1. The van der Waals surface area contributed by atoms with Crippen LogP contribution in [-0.4, -0.2) is 22.5 Å². The third-order valence-corrected chi connectivity index (χ3v) is 5.43. The Hall–Kier alpha value is -1.07. The second kappa shape index (κ2) is 5.97. The van der Waals surface area contributed by atoms with Gasteiger partial charge in [-0.15, -0.1) is 11.3 Å². The van der Waals surface area contributed by atoms with Gasteiger partial charge in [0.25, 0.3) is 0 Å². The SMILES string of the molecule is O=C(O)C1c2ccsc2CCN1Cc1c(Cl)cccc1Cl. The first-order valence-electron chi connectivity index (χ1n) is 6.54. The summed E-state index contributed by atoms with van der Waals surface area (Å²) in [4.78, 5) is 14.8. The molecular formula is C15H13Cl2NO2S. The number of hydrogen-bond acceptors (Lipinski definition) is 3. The molecule has 21 heavy (non-hydrogen) atoms. The van der Waals surface area contributed by atoms with E-state index < -0.39 is 12.0 Å². The quantitative estimate of drug-likeness (QED) is 0.907. The first kappa shape index (κ1) is 14.9. The van der Waals surface area contributed by atoms with Crippen molar-refractivity contribution in [2.24, 2.45) is 0 Å². The first-order valence-corrected chi connectivity index (χ1v) is 8.17. The van der Waals surface area contributed by atoms with Crippen molar-refractivity contribution >= 4 is 40.5 Å². The highest BCUT2D eigenvalue weighted by molar-refractivity contribution is 7.10. The second-order valence-corrected chi connectivity index (χ2v) is 6.78. The summed E-state index contributed by atoms with van der Waals surface area (Å²) in [7, 11) is 0. The molecule has 1 aromatic heterocycles. The van der Waals surface area contributed by atoms with E-state index in [1.165, 1.54) is 0 Å². The van der Waals surface area contributed by atoms with Crippen molar-refractivity contribution in [3.05, 3.63) is 55.7 Å². The summed E-state index contributed by atoms with van der Waals surface area (Å²) < 4.78 is 0. The standard InChI is InChI=1S/C15H13Cl2NO2S/c16-11-2-1-3-12(17)10(11)8-18-6-4-13-9(5-7-21-13)14(18)15(19)20/h1-3,5,7,14H,4,6,8H2,(H,19,20). The van der Waals surface area contributed by atoms with E-state index in [2.05, 4.69) is 0 Å². The van der Waals surface area contributed by atoms with E-state index >= 15 is 0 Å². The molecule has 1 N–H and O–H groups in total. The lowest BCUT2D eigenvalue weighted by Crippen LogP contribution is -2.38. The largest absolute Gasteiger partial charge is 0.480 e. The van der Waals surface area contributed by atoms with Crippen molar-refractivity contribution < 1.29 is 9.90 Å². The minimum absolute atomic E-state index is 0.435. The Kier molecular flexibility index (Phi) is 4.22. The zero-order valence-electron chi connectivity index (χ0n) is 11.1. The molecule has 1 aliphatic heterocycles. The van der Waals surface area contributed by atoms with Gasteiger partial charge in [0.05, 0.1) is 0 Å². The molecule has 0 spiro atoms. The molecule has 0 aliphatic carbocycles. The highest BCUT2D eigenvalue weighted by Gasteiger charge is 2.34. The lowest BCUT2D eigenvalue weighted by Gasteiger charge is -2.33. The molecule has 1 atom stereocenters. The van der Waals surface area contributed by atoms with E-state index in [1.807, 2.05) is 16.3 Å². The third kappa shape index (κ3) is 2.81. The van der Waals surface area contributed by atoms with Crippen LogP contribution in [-0.2, 0) is 17.8 Å². The average molecular weight is 342 g/mol. The summed E-state index contributed by atoms with van der Waals surface area (Å²) >= 11 is 14.0. The second-order valence-electron chi connectivity index (χ2n) is 4.96. The van der Waals surface area contributed by atoms with Gasteiger partial charge >= 0.3 is 5.97 Å². The number of carboxylic acids is 1. The Balaban J connectivity index is 1.94. The zero-order valence-corrected chi connectivity index (χ0v) is 13.4. The summed E-state index contributed by atoms with van der Waals surface area (Å²) in [6.45, 7) is 1.12. The number of rotatable bonds is 3. The van der Waals surface area contributed by atoms with Crippen LogP contribution in [0.15, 0.2) is 29.6 Å². The van der Waals surface area contributed by atoms with E-state index in [0.29, 0.717) is 23.1 Å². The molecule has 2 aromatic rings. The molecule has 0 bridgehead atoms. The molecule has 0 amide bonds. The van der Waals surface area contributed by atoms with Gasteiger partial charge in [-0.25, -0.2) is 0 Å².